The number of nitrogens with zero attached hydrogens (tertiary/aromatic N) is 1. The predicted molar refractivity (Wildman–Crippen MR) is 119 cm³/mol. The first-order valence-corrected chi connectivity index (χ1v) is 11.5. The predicted octanol–water partition coefficient (Wildman–Crippen LogP) is 4.67. The van der Waals surface area contributed by atoms with E-state index in [2.05, 4.69) is 63.9 Å². The molecule has 2 aliphatic heterocycles. The molecule has 31 heavy (non-hydrogen) atoms. The molecule has 2 aliphatic rings. The lowest BCUT2D eigenvalue weighted by molar-refractivity contribution is -0.406. The third-order valence-corrected chi connectivity index (χ3v) is 7.89. The number of hydroxylamine groups is 2. The fourth-order valence-electron chi connectivity index (χ4n) is 5.06. The van der Waals surface area contributed by atoms with Crippen LogP contribution in [0, 0.1) is 11.3 Å². The molecule has 3 atom stereocenters. The molecular weight excluding hydrogens is 394 g/mol. The Morgan fingerprint density at radius 3 is 2.26 bits per heavy atom. The Hall–Kier alpha value is -1.47. The van der Waals surface area contributed by atoms with Gasteiger partial charge in [0.1, 0.15) is 5.41 Å². The Labute approximate surface area is 186 Å². The van der Waals surface area contributed by atoms with Gasteiger partial charge in [-0.3, -0.25) is 9.63 Å². The number of benzene rings is 1. The molecule has 0 bridgehead atoms. The van der Waals surface area contributed by atoms with E-state index in [1.807, 2.05) is 6.07 Å². The van der Waals surface area contributed by atoms with Crippen molar-refractivity contribution in [2.75, 3.05) is 19.8 Å². The Morgan fingerprint density at radius 2 is 1.74 bits per heavy atom. The van der Waals surface area contributed by atoms with Crippen molar-refractivity contribution in [1.82, 2.24) is 5.06 Å². The molecule has 1 aromatic rings. The molecule has 2 saturated heterocycles. The van der Waals surface area contributed by atoms with Crippen molar-refractivity contribution in [3.63, 3.8) is 0 Å². The second kappa shape index (κ2) is 8.81. The van der Waals surface area contributed by atoms with E-state index in [4.69, 9.17) is 14.3 Å². The second-order valence-electron chi connectivity index (χ2n) is 10.1. The van der Waals surface area contributed by atoms with Crippen LogP contribution in [0.1, 0.15) is 66.4 Å². The van der Waals surface area contributed by atoms with Gasteiger partial charge in [0.2, 0.25) is 0 Å². The van der Waals surface area contributed by atoms with Crippen molar-refractivity contribution in [3.05, 3.63) is 35.9 Å². The molecule has 2 fully saturated rings. The third-order valence-electron chi connectivity index (χ3n) is 7.89. The SMILES string of the molecule is CCC1(C)CC2(OCC(C)(C(=O)O)CO2)C(C)C(C)(CC)N1OCCc1ccccc1. The quantitative estimate of drug-likeness (QED) is 0.674. The average Bonchev–Trinajstić information content (AvgIpc) is 2.77. The van der Waals surface area contributed by atoms with Crippen molar-refractivity contribution in [2.24, 2.45) is 11.3 Å². The van der Waals surface area contributed by atoms with Crippen molar-refractivity contribution in [2.45, 2.75) is 84.1 Å². The molecule has 0 saturated carbocycles. The molecule has 0 radical (unpaired) electrons. The van der Waals surface area contributed by atoms with Gasteiger partial charge in [0.25, 0.3) is 0 Å². The van der Waals surface area contributed by atoms with Gasteiger partial charge in [-0.2, -0.15) is 5.06 Å². The van der Waals surface area contributed by atoms with Gasteiger partial charge in [-0.15, -0.1) is 0 Å². The summed E-state index contributed by atoms with van der Waals surface area (Å²) >= 11 is 0. The summed E-state index contributed by atoms with van der Waals surface area (Å²) < 4.78 is 12.7. The molecule has 0 amide bonds. The van der Waals surface area contributed by atoms with E-state index in [-0.39, 0.29) is 30.2 Å². The van der Waals surface area contributed by atoms with Crippen LogP contribution in [0.2, 0.25) is 0 Å². The number of rotatable bonds is 7. The second-order valence-corrected chi connectivity index (χ2v) is 10.1. The highest BCUT2D eigenvalue weighted by Crippen LogP contribution is 2.54. The molecule has 3 unspecified atom stereocenters. The maximum absolute atomic E-state index is 11.7. The van der Waals surface area contributed by atoms with E-state index >= 15 is 0 Å². The number of carboxylic acid groups (broad SMARTS) is 1. The minimum atomic E-state index is -1.01. The van der Waals surface area contributed by atoms with Gasteiger partial charge in [0.15, 0.2) is 5.79 Å². The van der Waals surface area contributed by atoms with Gasteiger partial charge in [-0.25, -0.2) is 0 Å². The summed E-state index contributed by atoms with van der Waals surface area (Å²) in [5.41, 5.74) is -0.381. The fourth-order valence-corrected chi connectivity index (χ4v) is 5.06. The first-order valence-electron chi connectivity index (χ1n) is 11.5. The normalized spacial score (nSPS) is 39.0. The first-order chi connectivity index (χ1) is 14.6. The monoisotopic (exact) mass is 433 g/mol. The van der Waals surface area contributed by atoms with Crippen LogP contribution in [0.15, 0.2) is 30.3 Å². The van der Waals surface area contributed by atoms with Gasteiger partial charge < -0.3 is 14.6 Å². The zero-order chi connectivity index (χ0) is 22.9. The summed E-state index contributed by atoms with van der Waals surface area (Å²) in [6.45, 7) is 13.5. The van der Waals surface area contributed by atoms with E-state index in [1.54, 1.807) is 6.92 Å². The van der Waals surface area contributed by atoms with Gasteiger partial charge >= 0.3 is 5.97 Å². The Balaban J connectivity index is 1.83. The average molecular weight is 434 g/mol. The summed E-state index contributed by atoms with van der Waals surface area (Å²) in [7, 11) is 0. The summed E-state index contributed by atoms with van der Waals surface area (Å²) in [4.78, 5) is 18.2. The third kappa shape index (κ3) is 4.28. The molecule has 0 aromatic heterocycles. The Kier molecular flexibility index (Phi) is 6.87. The molecule has 1 spiro atoms. The maximum atomic E-state index is 11.7. The van der Waals surface area contributed by atoms with Crippen LogP contribution < -0.4 is 0 Å². The molecule has 0 aliphatic carbocycles. The number of hydrogen-bond donors (Lipinski definition) is 1. The zero-order valence-electron chi connectivity index (χ0n) is 19.9. The molecule has 6 nitrogen and oxygen atoms in total. The number of hydrogen-bond acceptors (Lipinski definition) is 5. The molecule has 2 heterocycles. The van der Waals surface area contributed by atoms with E-state index in [0.29, 0.717) is 13.0 Å². The number of carbonyl (C=O) groups is 1. The van der Waals surface area contributed by atoms with Crippen LogP contribution in [-0.2, 0) is 25.5 Å². The van der Waals surface area contributed by atoms with Crippen LogP contribution in [0.4, 0.5) is 0 Å². The topological polar surface area (TPSA) is 68.2 Å². The van der Waals surface area contributed by atoms with Crippen LogP contribution in [0.3, 0.4) is 0 Å². The number of aliphatic carboxylic acids is 1. The lowest BCUT2D eigenvalue weighted by Crippen LogP contribution is -2.74. The van der Waals surface area contributed by atoms with Crippen LogP contribution >= 0.6 is 0 Å². The van der Waals surface area contributed by atoms with E-state index in [0.717, 1.165) is 19.3 Å². The van der Waals surface area contributed by atoms with Gasteiger partial charge in [-0.1, -0.05) is 51.1 Å². The number of carboxylic acids is 1. The largest absolute Gasteiger partial charge is 0.481 e. The highest BCUT2D eigenvalue weighted by Gasteiger charge is 2.64. The van der Waals surface area contributed by atoms with Crippen molar-refractivity contribution in [3.8, 4) is 0 Å². The van der Waals surface area contributed by atoms with Crippen LogP contribution in [-0.4, -0.2) is 52.8 Å². The molecular formula is C25H39NO5. The van der Waals surface area contributed by atoms with Crippen LogP contribution in [0.5, 0.6) is 0 Å². The molecule has 3 rings (SSSR count). The van der Waals surface area contributed by atoms with Crippen LogP contribution in [0.25, 0.3) is 0 Å². The summed E-state index contributed by atoms with van der Waals surface area (Å²) in [6, 6.07) is 10.4. The van der Waals surface area contributed by atoms with Gasteiger partial charge in [0, 0.05) is 17.9 Å². The summed E-state index contributed by atoms with van der Waals surface area (Å²) in [5.74, 6) is -1.70. The fraction of sp³-hybridized carbons (Fsp3) is 0.720. The van der Waals surface area contributed by atoms with Crippen molar-refractivity contribution >= 4 is 5.97 Å². The smallest absolute Gasteiger partial charge is 0.314 e. The minimum Gasteiger partial charge on any atom is -0.481 e. The number of piperidine rings is 1. The first kappa shape index (κ1) is 24.2. The summed E-state index contributed by atoms with van der Waals surface area (Å²) in [5, 5.41) is 11.8. The number of ether oxygens (including phenoxy) is 2. The Bertz CT molecular complexity index is 760. The van der Waals surface area contributed by atoms with Crippen molar-refractivity contribution < 1.29 is 24.2 Å². The molecule has 6 heteroatoms. The minimum absolute atomic E-state index is 0.000282. The van der Waals surface area contributed by atoms with E-state index in [9.17, 15) is 9.90 Å². The highest BCUT2D eigenvalue weighted by atomic mass is 16.7. The standard InChI is InChI=1S/C25H39NO5/c1-7-23(5)16-25(29-17-22(4,18-30-25)21(27)28)19(3)24(6,8-2)26(23)31-15-14-20-12-10-9-11-13-20/h9-13,19H,7-8,14-18H2,1-6H3,(H,27,28). The highest BCUT2D eigenvalue weighted by molar-refractivity contribution is 5.74. The lowest BCUT2D eigenvalue weighted by Gasteiger charge is -2.64. The van der Waals surface area contributed by atoms with Gasteiger partial charge in [-0.05, 0) is 45.6 Å². The van der Waals surface area contributed by atoms with Gasteiger partial charge in [0.05, 0.1) is 25.4 Å². The van der Waals surface area contributed by atoms with E-state index in [1.165, 1.54) is 5.56 Å². The Morgan fingerprint density at radius 1 is 1.13 bits per heavy atom. The molecule has 174 valence electrons. The van der Waals surface area contributed by atoms with Crippen molar-refractivity contribution in [1.29, 1.82) is 0 Å². The zero-order valence-corrected chi connectivity index (χ0v) is 19.9. The summed E-state index contributed by atoms with van der Waals surface area (Å²) in [6.07, 6.45) is 3.21. The molecule has 1 N–H and O–H groups in total. The maximum Gasteiger partial charge on any atom is 0.314 e. The molecule has 1 aromatic carbocycles. The lowest BCUT2D eigenvalue weighted by atomic mass is 9.67. The van der Waals surface area contributed by atoms with E-state index < -0.39 is 17.2 Å².